The van der Waals surface area contributed by atoms with Crippen molar-refractivity contribution in [2.24, 2.45) is 0 Å². The maximum absolute atomic E-state index is 13.8. The number of hydrogen-bond donors (Lipinski definition) is 3. The van der Waals surface area contributed by atoms with Gasteiger partial charge in [-0.05, 0) is 36.6 Å². The van der Waals surface area contributed by atoms with Crippen LogP contribution in [-0.2, 0) is 4.79 Å². The van der Waals surface area contributed by atoms with Crippen molar-refractivity contribution in [2.75, 3.05) is 13.2 Å². The second-order valence-corrected chi connectivity index (χ2v) is 5.87. The van der Waals surface area contributed by atoms with Gasteiger partial charge in [0.15, 0.2) is 0 Å². The monoisotopic (exact) mass is 329 g/mol. The Hall–Kier alpha value is -2.31. The molecule has 0 unspecified atom stereocenters. The van der Waals surface area contributed by atoms with Gasteiger partial charge in [0, 0.05) is 11.8 Å². The smallest absolute Gasteiger partial charge is 0.237 e. The van der Waals surface area contributed by atoms with Gasteiger partial charge in [0.2, 0.25) is 5.91 Å². The Kier molecular flexibility index (Phi) is 5.17. The summed E-state index contributed by atoms with van der Waals surface area (Å²) in [6.45, 7) is 0.648. The van der Waals surface area contributed by atoms with E-state index in [1.807, 2.05) is 0 Å². The molecule has 2 atom stereocenters. The topological polar surface area (TPSA) is 74.2 Å². The first-order chi connectivity index (χ1) is 11.7. The van der Waals surface area contributed by atoms with Gasteiger partial charge in [0.25, 0.3) is 0 Å². The van der Waals surface area contributed by atoms with Gasteiger partial charge in [-0.1, -0.05) is 24.3 Å². The molecule has 0 saturated carbocycles. The lowest BCUT2D eigenvalue weighted by molar-refractivity contribution is -0.123. The molecule has 2 aromatic rings. The molecule has 0 bridgehead atoms. The third kappa shape index (κ3) is 3.60. The Morgan fingerprint density at radius 2 is 2.17 bits per heavy atom. The Bertz CT molecular complexity index is 700. The zero-order valence-electron chi connectivity index (χ0n) is 13.2. The van der Waals surface area contributed by atoms with Crippen molar-refractivity contribution in [2.45, 2.75) is 24.9 Å². The first-order valence-electron chi connectivity index (χ1n) is 8.03. The minimum atomic E-state index is -0.476. The Morgan fingerprint density at radius 1 is 1.38 bits per heavy atom. The van der Waals surface area contributed by atoms with Crippen LogP contribution in [0, 0.1) is 5.82 Å². The molecule has 24 heavy (non-hydrogen) atoms. The lowest BCUT2D eigenvalue weighted by Gasteiger charge is -2.20. The fourth-order valence-corrected chi connectivity index (χ4v) is 2.92. The summed E-state index contributed by atoms with van der Waals surface area (Å²) in [7, 11) is 0. The maximum atomic E-state index is 13.8. The van der Waals surface area contributed by atoms with E-state index in [4.69, 9.17) is 0 Å². The average molecular weight is 329 g/mol. The number of carbonyl (C=O) groups excluding carboxylic acids is 1. The summed E-state index contributed by atoms with van der Waals surface area (Å²) in [5.74, 6) is -0.486. The van der Waals surface area contributed by atoms with Crippen LogP contribution in [0.15, 0.2) is 42.7 Å². The molecule has 0 radical (unpaired) electrons. The van der Waals surface area contributed by atoms with Gasteiger partial charge in [-0.15, -0.1) is 0 Å². The predicted octanol–water partition coefficient (Wildman–Crippen LogP) is 1.79. The number of hydrogen-bond acceptors (Lipinski definition) is 4. The number of benzene rings is 1. The second-order valence-electron chi connectivity index (χ2n) is 5.87. The highest BCUT2D eigenvalue weighted by Crippen LogP contribution is 2.24. The lowest BCUT2D eigenvalue weighted by atomic mass is 10.0. The Morgan fingerprint density at radius 3 is 2.79 bits per heavy atom. The van der Waals surface area contributed by atoms with E-state index < -0.39 is 6.04 Å². The van der Waals surface area contributed by atoms with Crippen molar-refractivity contribution in [3.05, 3.63) is 54.1 Å². The molecular weight excluding hydrogens is 309 g/mol. The summed E-state index contributed by atoms with van der Waals surface area (Å²) in [6, 6.07) is 8.07. The highest BCUT2D eigenvalue weighted by molar-refractivity contribution is 5.82. The molecular formula is C18H20FN3O2. The summed E-state index contributed by atoms with van der Waals surface area (Å²) in [5, 5.41) is 15.6. The van der Waals surface area contributed by atoms with Crippen molar-refractivity contribution in [3.8, 4) is 11.1 Å². The van der Waals surface area contributed by atoms with Crippen molar-refractivity contribution in [1.29, 1.82) is 0 Å². The lowest BCUT2D eigenvalue weighted by Crippen LogP contribution is -2.42. The van der Waals surface area contributed by atoms with Crippen LogP contribution in [0.5, 0.6) is 0 Å². The van der Waals surface area contributed by atoms with E-state index in [2.05, 4.69) is 15.6 Å². The summed E-state index contributed by atoms with van der Waals surface area (Å²) in [5.41, 5.74) is 1.97. The highest BCUT2D eigenvalue weighted by atomic mass is 19.1. The summed E-state index contributed by atoms with van der Waals surface area (Å²) >= 11 is 0. The van der Waals surface area contributed by atoms with Crippen LogP contribution >= 0.6 is 0 Å². The fraction of sp³-hybridized carbons (Fsp3) is 0.333. The molecule has 1 aliphatic heterocycles. The average Bonchev–Trinajstić information content (AvgIpc) is 3.15. The van der Waals surface area contributed by atoms with E-state index in [0.29, 0.717) is 5.56 Å². The molecule has 1 fully saturated rings. The van der Waals surface area contributed by atoms with E-state index in [1.54, 1.807) is 30.3 Å². The molecule has 3 rings (SSSR count). The number of aromatic nitrogens is 1. The van der Waals surface area contributed by atoms with Crippen LogP contribution in [0.25, 0.3) is 11.1 Å². The Balaban J connectivity index is 1.73. The van der Waals surface area contributed by atoms with E-state index >= 15 is 0 Å². The first-order valence-corrected chi connectivity index (χ1v) is 8.03. The Labute approximate surface area is 139 Å². The van der Waals surface area contributed by atoms with Crippen LogP contribution < -0.4 is 10.6 Å². The van der Waals surface area contributed by atoms with Gasteiger partial charge in [-0.2, -0.15) is 0 Å². The molecule has 5 nitrogen and oxygen atoms in total. The van der Waals surface area contributed by atoms with Crippen LogP contribution in [0.1, 0.15) is 24.4 Å². The van der Waals surface area contributed by atoms with Crippen molar-refractivity contribution >= 4 is 5.91 Å². The van der Waals surface area contributed by atoms with Crippen molar-refractivity contribution < 1.29 is 14.3 Å². The molecule has 1 saturated heterocycles. The number of halogens is 1. The van der Waals surface area contributed by atoms with E-state index in [0.717, 1.165) is 30.5 Å². The second kappa shape index (κ2) is 7.51. The number of carbonyl (C=O) groups is 1. The van der Waals surface area contributed by atoms with Crippen LogP contribution in [-0.4, -0.2) is 35.2 Å². The third-order valence-corrected chi connectivity index (χ3v) is 4.27. The van der Waals surface area contributed by atoms with Gasteiger partial charge in [-0.25, -0.2) is 4.39 Å². The molecule has 6 heteroatoms. The molecule has 0 spiro atoms. The number of aliphatic hydroxyl groups is 1. The van der Waals surface area contributed by atoms with Gasteiger partial charge in [0.05, 0.1) is 24.9 Å². The predicted molar refractivity (Wildman–Crippen MR) is 88.6 cm³/mol. The maximum Gasteiger partial charge on any atom is 0.237 e. The fourth-order valence-electron chi connectivity index (χ4n) is 2.92. The summed E-state index contributed by atoms with van der Waals surface area (Å²) in [4.78, 5) is 15.9. The molecule has 3 N–H and O–H groups in total. The molecule has 1 aromatic carbocycles. The molecule has 2 heterocycles. The summed E-state index contributed by atoms with van der Waals surface area (Å²) < 4.78 is 13.8. The van der Waals surface area contributed by atoms with Gasteiger partial charge < -0.3 is 15.7 Å². The first kappa shape index (κ1) is 16.5. The minimum absolute atomic E-state index is 0.101. The zero-order chi connectivity index (χ0) is 16.9. The van der Waals surface area contributed by atoms with E-state index in [-0.39, 0.29) is 24.4 Å². The van der Waals surface area contributed by atoms with Crippen LogP contribution in [0.4, 0.5) is 4.39 Å². The van der Waals surface area contributed by atoms with Crippen molar-refractivity contribution in [1.82, 2.24) is 15.6 Å². The van der Waals surface area contributed by atoms with Gasteiger partial charge >= 0.3 is 0 Å². The third-order valence-electron chi connectivity index (χ3n) is 4.27. The number of pyridine rings is 1. The van der Waals surface area contributed by atoms with Crippen molar-refractivity contribution in [3.63, 3.8) is 0 Å². The number of rotatable bonds is 5. The molecule has 126 valence electrons. The number of nitrogens with one attached hydrogen (secondary N) is 2. The summed E-state index contributed by atoms with van der Waals surface area (Å²) in [6.07, 6.45) is 4.50. The number of aliphatic hydroxyl groups excluding tert-OH is 1. The number of nitrogens with zero attached hydrogens (tertiary/aromatic N) is 1. The van der Waals surface area contributed by atoms with Gasteiger partial charge in [0.1, 0.15) is 5.82 Å². The highest BCUT2D eigenvalue weighted by Gasteiger charge is 2.24. The van der Waals surface area contributed by atoms with Gasteiger partial charge in [-0.3, -0.25) is 9.78 Å². The SMILES string of the molecule is O=C(N[C@@H](CO)c1ccc(-c2ccncc2F)cc1)[C@@H]1CCCN1. The minimum Gasteiger partial charge on any atom is -0.394 e. The largest absolute Gasteiger partial charge is 0.394 e. The normalized spacial score (nSPS) is 18.3. The van der Waals surface area contributed by atoms with Crippen LogP contribution in [0.3, 0.4) is 0 Å². The number of amides is 1. The van der Waals surface area contributed by atoms with E-state index in [1.165, 1.54) is 12.4 Å². The van der Waals surface area contributed by atoms with Crippen LogP contribution in [0.2, 0.25) is 0 Å². The quantitative estimate of drug-likeness (QED) is 0.782. The molecule has 0 aliphatic carbocycles. The zero-order valence-corrected chi connectivity index (χ0v) is 13.2. The molecule has 1 aliphatic rings. The molecule has 1 aromatic heterocycles. The standard InChI is InChI=1S/C18H20FN3O2/c19-15-10-20-9-7-14(15)12-3-5-13(6-4-12)17(11-23)22-18(24)16-2-1-8-21-16/h3-7,9-10,16-17,21,23H,1-2,8,11H2,(H,22,24)/t16-,17-/m0/s1. The van der Waals surface area contributed by atoms with E-state index in [9.17, 15) is 14.3 Å². The molecule has 1 amide bonds.